The minimum absolute atomic E-state index is 0.0771. The average Bonchev–Trinajstić information content (AvgIpc) is 2.80. The molecular formula is C17H20F2N2O3. The SMILES string of the molecule is FC1(F)Oc2ccc(/C=C/CN3CCN(C4COC4)CC3)cc2O1. The number of alkyl halides is 2. The zero-order valence-electron chi connectivity index (χ0n) is 13.3. The lowest BCUT2D eigenvalue weighted by molar-refractivity contribution is -0.286. The van der Waals surface area contributed by atoms with Crippen LogP contribution in [0.1, 0.15) is 5.56 Å². The summed E-state index contributed by atoms with van der Waals surface area (Å²) < 4.78 is 40.1. The van der Waals surface area contributed by atoms with Crippen molar-refractivity contribution in [1.82, 2.24) is 9.80 Å². The van der Waals surface area contributed by atoms with Crippen LogP contribution in [0.2, 0.25) is 0 Å². The van der Waals surface area contributed by atoms with Crippen molar-refractivity contribution in [1.29, 1.82) is 0 Å². The maximum atomic E-state index is 13.0. The lowest BCUT2D eigenvalue weighted by Gasteiger charge is -2.42. The van der Waals surface area contributed by atoms with Gasteiger partial charge in [0.05, 0.1) is 19.3 Å². The van der Waals surface area contributed by atoms with Crippen LogP contribution in [0.25, 0.3) is 6.08 Å². The Kier molecular flexibility index (Phi) is 4.15. The highest BCUT2D eigenvalue weighted by molar-refractivity contribution is 5.56. The van der Waals surface area contributed by atoms with Gasteiger partial charge in [-0.2, -0.15) is 0 Å². The minimum Gasteiger partial charge on any atom is -0.395 e. The first-order valence-electron chi connectivity index (χ1n) is 8.20. The molecule has 2 saturated heterocycles. The molecule has 1 aromatic carbocycles. The van der Waals surface area contributed by atoms with E-state index in [1.807, 2.05) is 6.08 Å². The molecular weight excluding hydrogens is 318 g/mol. The molecule has 0 unspecified atom stereocenters. The summed E-state index contributed by atoms with van der Waals surface area (Å²) in [6.45, 7) is 6.79. The standard InChI is InChI=1S/C17H20F2N2O3/c18-17(19)23-15-4-3-13(10-16(15)24-17)2-1-5-20-6-8-21(9-7-20)14-11-22-12-14/h1-4,10,14H,5-9,11-12H2/b2-1+. The maximum absolute atomic E-state index is 13.0. The van der Waals surface area contributed by atoms with E-state index in [1.165, 1.54) is 6.07 Å². The number of rotatable bonds is 4. The molecule has 2 fully saturated rings. The predicted molar refractivity (Wildman–Crippen MR) is 84.3 cm³/mol. The zero-order valence-corrected chi connectivity index (χ0v) is 13.3. The average molecular weight is 338 g/mol. The molecule has 0 bridgehead atoms. The molecule has 0 N–H and O–H groups in total. The Morgan fingerprint density at radius 3 is 2.54 bits per heavy atom. The van der Waals surface area contributed by atoms with E-state index in [-0.39, 0.29) is 11.5 Å². The van der Waals surface area contributed by atoms with Crippen LogP contribution in [0.15, 0.2) is 24.3 Å². The number of fused-ring (bicyclic) bond motifs is 1. The highest BCUT2D eigenvalue weighted by Gasteiger charge is 2.43. The summed E-state index contributed by atoms with van der Waals surface area (Å²) in [5, 5.41) is 0. The predicted octanol–water partition coefficient (Wildman–Crippen LogP) is 2.04. The summed E-state index contributed by atoms with van der Waals surface area (Å²) in [5.41, 5.74) is 0.820. The van der Waals surface area contributed by atoms with Gasteiger partial charge in [-0.05, 0) is 17.7 Å². The Morgan fingerprint density at radius 2 is 1.83 bits per heavy atom. The first-order chi connectivity index (χ1) is 11.6. The van der Waals surface area contributed by atoms with Gasteiger partial charge in [-0.3, -0.25) is 9.80 Å². The fourth-order valence-electron chi connectivity index (χ4n) is 3.15. The van der Waals surface area contributed by atoms with Crippen LogP contribution in [0, 0.1) is 0 Å². The van der Waals surface area contributed by atoms with Gasteiger partial charge in [0.2, 0.25) is 0 Å². The number of hydrogen-bond acceptors (Lipinski definition) is 5. The van der Waals surface area contributed by atoms with Crippen LogP contribution >= 0.6 is 0 Å². The van der Waals surface area contributed by atoms with Crippen molar-refractivity contribution in [3.05, 3.63) is 29.8 Å². The van der Waals surface area contributed by atoms with Crippen LogP contribution in [0.5, 0.6) is 11.5 Å². The van der Waals surface area contributed by atoms with Gasteiger partial charge in [0, 0.05) is 32.7 Å². The molecule has 4 rings (SSSR count). The molecule has 5 nitrogen and oxygen atoms in total. The van der Waals surface area contributed by atoms with Crippen molar-refractivity contribution < 1.29 is 23.0 Å². The van der Waals surface area contributed by atoms with Crippen molar-refractivity contribution in [2.75, 3.05) is 45.9 Å². The van der Waals surface area contributed by atoms with E-state index in [1.54, 1.807) is 12.1 Å². The Balaban J connectivity index is 1.28. The Bertz CT molecular complexity index is 626. The molecule has 24 heavy (non-hydrogen) atoms. The van der Waals surface area contributed by atoms with E-state index in [2.05, 4.69) is 25.3 Å². The van der Waals surface area contributed by atoms with Crippen LogP contribution in [0.4, 0.5) is 8.78 Å². The number of nitrogens with zero attached hydrogens (tertiary/aromatic N) is 2. The normalized spacial score (nSPS) is 24.4. The Hall–Kier alpha value is -1.70. The van der Waals surface area contributed by atoms with Gasteiger partial charge < -0.3 is 14.2 Å². The van der Waals surface area contributed by atoms with E-state index in [0.29, 0.717) is 6.04 Å². The summed E-state index contributed by atoms with van der Waals surface area (Å²) in [7, 11) is 0. The molecule has 3 heterocycles. The smallest absolute Gasteiger partial charge is 0.395 e. The van der Waals surface area contributed by atoms with Gasteiger partial charge in [-0.25, -0.2) is 0 Å². The fourth-order valence-corrected chi connectivity index (χ4v) is 3.15. The number of hydrogen-bond donors (Lipinski definition) is 0. The third kappa shape index (κ3) is 3.38. The van der Waals surface area contributed by atoms with Crippen molar-refractivity contribution >= 4 is 6.08 Å². The molecule has 3 aliphatic rings. The first kappa shape index (κ1) is 15.8. The molecule has 0 radical (unpaired) electrons. The molecule has 3 aliphatic heterocycles. The topological polar surface area (TPSA) is 34.2 Å². The van der Waals surface area contributed by atoms with E-state index in [9.17, 15) is 8.78 Å². The van der Waals surface area contributed by atoms with Crippen molar-refractivity contribution in [3.8, 4) is 11.5 Å². The summed E-state index contributed by atoms with van der Waals surface area (Å²) in [6, 6.07) is 5.43. The second-order valence-electron chi connectivity index (χ2n) is 6.30. The highest BCUT2D eigenvalue weighted by atomic mass is 19.3. The van der Waals surface area contributed by atoms with Crippen LogP contribution in [0.3, 0.4) is 0 Å². The van der Waals surface area contributed by atoms with Crippen molar-refractivity contribution in [2.24, 2.45) is 0 Å². The second kappa shape index (κ2) is 6.31. The van der Waals surface area contributed by atoms with Crippen molar-refractivity contribution in [2.45, 2.75) is 12.3 Å². The van der Waals surface area contributed by atoms with Gasteiger partial charge >= 0.3 is 6.29 Å². The van der Waals surface area contributed by atoms with E-state index in [4.69, 9.17) is 4.74 Å². The highest BCUT2D eigenvalue weighted by Crippen LogP contribution is 2.41. The Labute approximate surface area is 139 Å². The van der Waals surface area contributed by atoms with E-state index in [0.717, 1.165) is 51.5 Å². The van der Waals surface area contributed by atoms with Gasteiger partial charge in [0.25, 0.3) is 0 Å². The fraction of sp³-hybridized carbons (Fsp3) is 0.529. The third-order valence-corrected chi connectivity index (χ3v) is 4.64. The van der Waals surface area contributed by atoms with Gasteiger partial charge in [-0.1, -0.05) is 18.2 Å². The first-order valence-corrected chi connectivity index (χ1v) is 8.20. The molecule has 0 atom stereocenters. The third-order valence-electron chi connectivity index (χ3n) is 4.64. The van der Waals surface area contributed by atoms with Crippen LogP contribution < -0.4 is 9.47 Å². The van der Waals surface area contributed by atoms with Gasteiger partial charge in [0.1, 0.15) is 0 Å². The molecule has 0 aromatic heterocycles. The van der Waals surface area contributed by atoms with Crippen molar-refractivity contribution in [3.63, 3.8) is 0 Å². The molecule has 1 aromatic rings. The molecule has 0 aliphatic carbocycles. The summed E-state index contributed by atoms with van der Waals surface area (Å²) in [4.78, 5) is 4.87. The molecule has 130 valence electrons. The van der Waals surface area contributed by atoms with Gasteiger partial charge in [0.15, 0.2) is 11.5 Å². The zero-order chi connectivity index (χ0) is 16.6. The number of benzene rings is 1. The van der Waals surface area contributed by atoms with E-state index >= 15 is 0 Å². The molecule has 0 saturated carbocycles. The molecule has 7 heteroatoms. The summed E-state index contributed by atoms with van der Waals surface area (Å²) in [6.07, 6.45) is 0.417. The van der Waals surface area contributed by atoms with Crippen LogP contribution in [-0.2, 0) is 4.74 Å². The minimum atomic E-state index is -3.56. The Morgan fingerprint density at radius 1 is 1.08 bits per heavy atom. The molecule has 0 amide bonds. The lowest BCUT2D eigenvalue weighted by Crippen LogP contribution is -2.56. The number of ether oxygens (including phenoxy) is 3. The quantitative estimate of drug-likeness (QED) is 0.839. The number of halogens is 2. The number of piperazine rings is 1. The second-order valence-corrected chi connectivity index (χ2v) is 6.30. The molecule has 0 spiro atoms. The lowest BCUT2D eigenvalue weighted by atomic mass is 10.1. The summed E-state index contributed by atoms with van der Waals surface area (Å²) >= 11 is 0. The van der Waals surface area contributed by atoms with Gasteiger partial charge in [-0.15, -0.1) is 8.78 Å². The monoisotopic (exact) mass is 338 g/mol. The van der Waals surface area contributed by atoms with Crippen LogP contribution in [-0.4, -0.2) is 68.1 Å². The van der Waals surface area contributed by atoms with E-state index < -0.39 is 6.29 Å². The largest absolute Gasteiger partial charge is 0.586 e. The maximum Gasteiger partial charge on any atom is 0.586 e. The summed E-state index contributed by atoms with van der Waals surface area (Å²) in [5.74, 6) is 0.159.